The van der Waals surface area contributed by atoms with Crippen molar-refractivity contribution in [2.45, 2.75) is 52.0 Å². The summed E-state index contributed by atoms with van der Waals surface area (Å²) in [5.74, 6) is 0.302. The molecular weight excluding hydrogens is 388 g/mol. The zero-order valence-electron chi connectivity index (χ0n) is 17.7. The maximum absolute atomic E-state index is 12.9. The highest BCUT2D eigenvalue weighted by molar-refractivity contribution is 7.89. The first-order valence-electron chi connectivity index (χ1n) is 9.88. The topological polar surface area (TPSA) is 75.7 Å². The van der Waals surface area contributed by atoms with E-state index in [1.54, 1.807) is 32.0 Å². The third-order valence-corrected chi connectivity index (χ3v) is 6.95. The molecule has 2 aromatic rings. The molecule has 1 unspecified atom stereocenters. The Labute approximate surface area is 173 Å². The van der Waals surface area contributed by atoms with Crippen molar-refractivity contribution in [2.24, 2.45) is 0 Å². The Morgan fingerprint density at radius 2 is 1.69 bits per heavy atom. The van der Waals surface area contributed by atoms with Gasteiger partial charge in [-0.2, -0.15) is 4.31 Å². The van der Waals surface area contributed by atoms with Gasteiger partial charge in [0.25, 0.3) is 5.91 Å². The summed E-state index contributed by atoms with van der Waals surface area (Å²) in [5.41, 5.74) is 2.10. The van der Waals surface area contributed by atoms with Crippen molar-refractivity contribution in [1.29, 1.82) is 0 Å². The number of hydrogen-bond acceptors (Lipinski definition) is 4. The van der Waals surface area contributed by atoms with Gasteiger partial charge in [0.1, 0.15) is 5.75 Å². The lowest BCUT2D eigenvalue weighted by atomic mass is 10.1. The van der Waals surface area contributed by atoms with E-state index in [2.05, 4.69) is 5.32 Å². The van der Waals surface area contributed by atoms with E-state index >= 15 is 0 Å². The predicted octanol–water partition coefficient (Wildman–Crippen LogP) is 4.13. The number of carbonyl (C=O) groups is 1. The molecule has 29 heavy (non-hydrogen) atoms. The fraction of sp³-hybridized carbons (Fsp3) is 0.409. The predicted molar refractivity (Wildman–Crippen MR) is 116 cm³/mol. The smallest absolute Gasteiger partial charge is 0.265 e. The molecule has 7 heteroatoms. The summed E-state index contributed by atoms with van der Waals surface area (Å²) in [6.07, 6.45) is -0.198. The van der Waals surface area contributed by atoms with Gasteiger partial charge in [-0.15, -0.1) is 0 Å². The summed E-state index contributed by atoms with van der Waals surface area (Å²) in [4.78, 5) is 13.0. The Bertz CT molecular complexity index is 939. The first-order chi connectivity index (χ1) is 13.7. The summed E-state index contributed by atoms with van der Waals surface area (Å²) in [5, 5.41) is 2.86. The van der Waals surface area contributed by atoms with Gasteiger partial charge < -0.3 is 10.1 Å². The van der Waals surface area contributed by atoms with Crippen LogP contribution in [0.15, 0.2) is 47.4 Å². The van der Waals surface area contributed by atoms with Gasteiger partial charge in [-0.1, -0.05) is 39.0 Å². The van der Waals surface area contributed by atoms with E-state index in [1.165, 1.54) is 10.4 Å². The van der Waals surface area contributed by atoms with Crippen LogP contribution in [-0.4, -0.2) is 37.8 Å². The van der Waals surface area contributed by atoms with Crippen molar-refractivity contribution in [3.05, 3.63) is 53.6 Å². The number of hydrogen-bond donors (Lipinski definition) is 1. The number of amides is 1. The second kappa shape index (κ2) is 9.89. The molecule has 6 nitrogen and oxygen atoms in total. The summed E-state index contributed by atoms with van der Waals surface area (Å²) >= 11 is 0. The van der Waals surface area contributed by atoms with Crippen molar-refractivity contribution < 1.29 is 17.9 Å². The monoisotopic (exact) mass is 418 g/mol. The second-order valence-corrected chi connectivity index (χ2v) is 8.76. The Kier molecular flexibility index (Phi) is 7.81. The Morgan fingerprint density at radius 3 is 2.24 bits per heavy atom. The fourth-order valence-corrected chi connectivity index (χ4v) is 4.59. The highest BCUT2D eigenvalue weighted by Crippen LogP contribution is 2.27. The summed E-state index contributed by atoms with van der Waals surface area (Å²) in [7, 11) is -3.62. The van der Waals surface area contributed by atoms with Gasteiger partial charge >= 0.3 is 0 Å². The van der Waals surface area contributed by atoms with Gasteiger partial charge in [0.2, 0.25) is 10.0 Å². The maximum atomic E-state index is 12.9. The molecule has 0 radical (unpaired) electrons. The zero-order chi connectivity index (χ0) is 21.6. The number of aryl methyl sites for hydroxylation is 1. The van der Waals surface area contributed by atoms with E-state index in [-0.39, 0.29) is 10.8 Å². The summed E-state index contributed by atoms with van der Waals surface area (Å²) in [6.45, 7) is 9.94. The van der Waals surface area contributed by atoms with Crippen LogP contribution in [0.2, 0.25) is 0 Å². The molecule has 0 aromatic heterocycles. The number of carbonyl (C=O) groups excluding carboxylic acids is 1. The summed E-state index contributed by atoms with van der Waals surface area (Å²) in [6, 6.07) is 12.3. The number of benzene rings is 2. The molecule has 0 bridgehead atoms. The zero-order valence-corrected chi connectivity index (χ0v) is 18.5. The number of anilines is 1. The number of rotatable bonds is 9. The maximum Gasteiger partial charge on any atom is 0.265 e. The number of nitrogens with one attached hydrogen (secondary N) is 1. The average molecular weight is 419 g/mol. The van der Waals surface area contributed by atoms with Crippen LogP contribution in [0, 0.1) is 13.8 Å². The Balaban J connectivity index is 2.32. The van der Waals surface area contributed by atoms with Crippen LogP contribution < -0.4 is 10.1 Å². The highest BCUT2D eigenvalue weighted by atomic mass is 32.2. The van der Waals surface area contributed by atoms with E-state index in [0.29, 0.717) is 30.9 Å². The molecule has 1 amide bonds. The molecule has 2 aromatic carbocycles. The molecule has 1 atom stereocenters. The van der Waals surface area contributed by atoms with Gasteiger partial charge in [0, 0.05) is 18.8 Å². The molecular formula is C22H30N2O4S. The van der Waals surface area contributed by atoms with Crippen LogP contribution >= 0.6 is 0 Å². The van der Waals surface area contributed by atoms with E-state index in [4.69, 9.17) is 4.74 Å². The molecule has 0 spiro atoms. The largest absolute Gasteiger partial charge is 0.481 e. The van der Waals surface area contributed by atoms with Crippen LogP contribution in [0.1, 0.15) is 38.3 Å². The minimum absolute atomic E-state index is 0.177. The molecule has 0 aliphatic carbocycles. The molecule has 0 saturated heterocycles. The van der Waals surface area contributed by atoms with Crippen molar-refractivity contribution in [3.8, 4) is 5.75 Å². The van der Waals surface area contributed by atoms with E-state index in [0.717, 1.165) is 11.1 Å². The van der Waals surface area contributed by atoms with Crippen molar-refractivity contribution in [1.82, 2.24) is 4.31 Å². The third kappa shape index (κ3) is 5.36. The molecule has 0 aliphatic heterocycles. The molecule has 0 aliphatic rings. The van der Waals surface area contributed by atoms with Crippen molar-refractivity contribution in [2.75, 3.05) is 18.4 Å². The van der Waals surface area contributed by atoms with Crippen molar-refractivity contribution in [3.63, 3.8) is 0 Å². The second-order valence-electron chi connectivity index (χ2n) is 6.82. The van der Waals surface area contributed by atoms with E-state index in [9.17, 15) is 13.2 Å². The Hall–Kier alpha value is -2.38. The SMILES string of the molecule is CCC(Oc1ccccc1)C(=O)Nc1cc(S(=O)(=O)N(CC)CC)cc(C)c1C. The highest BCUT2D eigenvalue weighted by Gasteiger charge is 2.25. The molecule has 1 N–H and O–H groups in total. The van der Waals surface area contributed by atoms with E-state index < -0.39 is 16.1 Å². The lowest BCUT2D eigenvalue weighted by Crippen LogP contribution is -2.33. The van der Waals surface area contributed by atoms with E-state index in [1.807, 2.05) is 39.0 Å². The Morgan fingerprint density at radius 1 is 1.07 bits per heavy atom. The number of ether oxygens (including phenoxy) is 1. The standard InChI is InChI=1S/C22H30N2O4S/c1-6-21(28-18-12-10-9-11-13-18)22(25)23-20-15-19(14-16(4)17(20)5)29(26,27)24(7-2)8-3/h9-15,21H,6-8H2,1-5H3,(H,23,25). The fourth-order valence-electron chi connectivity index (χ4n) is 3.02. The van der Waals surface area contributed by atoms with Crippen LogP contribution in [0.25, 0.3) is 0 Å². The summed E-state index contributed by atoms with van der Waals surface area (Å²) < 4.78 is 33.0. The van der Waals surface area contributed by atoms with Crippen LogP contribution in [0.3, 0.4) is 0 Å². The molecule has 0 saturated carbocycles. The first kappa shape index (κ1) is 22.9. The van der Waals surface area contributed by atoms with Gasteiger partial charge in [0.15, 0.2) is 6.10 Å². The van der Waals surface area contributed by atoms with Gasteiger partial charge in [-0.3, -0.25) is 4.79 Å². The van der Waals surface area contributed by atoms with Gasteiger partial charge in [0.05, 0.1) is 4.90 Å². The minimum atomic E-state index is -3.62. The van der Waals surface area contributed by atoms with Crippen LogP contribution in [0.5, 0.6) is 5.75 Å². The minimum Gasteiger partial charge on any atom is -0.481 e. The van der Waals surface area contributed by atoms with Gasteiger partial charge in [-0.25, -0.2) is 8.42 Å². The normalized spacial score (nSPS) is 12.6. The van der Waals surface area contributed by atoms with Crippen LogP contribution in [0.4, 0.5) is 5.69 Å². The number of sulfonamides is 1. The first-order valence-corrected chi connectivity index (χ1v) is 11.3. The quantitative estimate of drug-likeness (QED) is 0.664. The lowest BCUT2D eigenvalue weighted by Gasteiger charge is -2.22. The molecule has 158 valence electrons. The van der Waals surface area contributed by atoms with Gasteiger partial charge in [-0.05, 0) is 55.7 Å². The lowest BCUT2D eigenvalue weighted by molar-refractivity contribution is -0.122. The number of nitrogens with zero attached hydrogens (tertiary/aromatic N) is 1. The van der Waals surface area contributed by atoms with Crippen LogP contribution in [-0.2, 0) is 14.8 Å². The average Bonchev–Trinajstić information content (AvgIpc) is 2.70. The van der Waals surface area contributed by atoms with Crippen molar-refractivity contribution >= 4 is 21.6 Å². The number of para-hydroxylation sites is 1. The molecule has 0 fully saturated rings. The molecule has 0 heterocycles. The molecule has 2 rings (SSSR count). The third-order valence-electron chi connectivity index (χ3n) is 4.93.